The van der Waals surface area contributed by atoms with Crippen LogP contribution in [0, 0.1) is 5.82 Å². The van der Waals surface area contributed by atoms with E-state index in [0.29, 0.717) is 34.2 Å². The maximum Gasteiger partial charge on any atom is 0.255 e. The van der Waals surface area contributed by atoms with Gasteiger partial charge in [0, 0.05) is 48.5 Å². The number of aromatic nitrogens is 3. The number of carbonyl (C=O) groups is 1. The second kappa shape index (κ2) is 6.64. The SMILES string of the molecule is C=CCN(C)C(=O)c1cnc2[nH]cc(-c3cc(F)c4ncccc4c3)c2c1. The Kier molecular flexibility index (Phi) is 4.16. The summed E-state index contributed by atoms with van der Waals surface area (Å²) in [5, 5.41) is 1.48. The van der Waals surface area contributed by atoms with Crippen LogP contribution >= 0.6 is 0 Å². The van der Waals surface area contributed by atoms with Gasteiger partial charge in [0.25, 0.3) is 5.91 Å². The van der Waals surface area contributed by atoms with Gasteiger partial charge >= 0.3 is 0 Å². The number of likely N-dealkylation sites (N-methyl/N-ethyl adjacent to an activating group) is 1. The van der Waals surface area contributed by atoms with Crippen molar-refractivity contribution in [2.24, 2.45) is 0 Å². The van der Waals surface area contributed by atoms with E-state index in [1.54, 1.807) is 42.6 Å². The topological polar surface area (TPSA) is 61.9 Å². The first-order chi connectivity index (χ1) is 13.1. The highest BCUT2D eigenvalue weighted by atomic mass is 19.1. The van der Waals surface area contributed by atoms with E-state index in [4.69, 9.17) is 0 Å². The maximum atomic E-state index is 14.5. The summed E-state index contributed by atoms with van der Waals surface area (Å²) in [7, 11) is 1.71. The summed E-state index contributed by atoms with van der Waals surface area (Å²) in [6.45, 7) is 4.09. The summed E-state index contributed by atoms with van der Waals surface area (Å²) in [6.07, 6.45) is 6.54. The molecule has 0 aliphatic rings. The molecule has 0 aliphatic heterocycles. The molecular weight excluding hydrogens is 343 g/mol. The molecule has 3 aromatic heterocycles. The molecule has 5 nitrogen and oxygen atoms in total. The Morgan fingerprint density at radius 1 is 1.33 bits per heavy atom. The fourth-order valence-electron chi connectivity index (χ4n) is 3.16. The molecule has 1 amide bonds. The lowest BCUT2D eigenvalue weighted by Gasteiger charge is -2.14. The monoisotopic (exact) mass is 360 g/mol. The summed E-state index contributed by atoms with van der Waals surface area (Å²) in [5.74, 6) is -0.534. The van der Waals surface area contributed by atoms with Crippen molar-refractivity contribution in [2.45, 2.75) is 0 Å². The average Bonchev–Trinajstić information content (AvgIpc) is 3.10. The molecule has 3 heterocycles. The van der Waals surface area contributed by atoms with Crippen LogP contribution in [0.25, 0.3) is 33.1 Å². The largest absolute Gasteiger partial charge is 0.346 e. The molecule has 1 N–H and O–H groups in total. The fraction of sp³-hybridized carbons (Fsp3) is 0.0952. The molecule has 134 valence electrons. The number of hydrogen-bond donors (Lipinski definition) is 1. The number of halogens is 1. The lowest BCUT2D eigenvalue weighted by Crippen LogP contribution is -2.26. The number of pyridine rings is 2. The van der Waals surface area contributed by atoms with Crippen LogP contribution in [-0.2, 0) is 0 Å². The zero-order valence-electron chi connectivity index (χ0n) is 14.7. The highest BCUT2D eigenvalue weighted by molar-refractivity contribution is 6.01. The number of H-pyrrole nitrogens is 1. The van der Waals surface area contributed by atoms with E-state index in [0.717, 1.165) is 10.9 Å². The van der Waals surface area contributed by atoms with Crippen LogP contribution in [0.3, 0.4) is 0 Å². The van der Waals surface area contributed by atoms with Crippen LogP contribution < -0.4 is 0 Å². The molecule has 6 heteroatoms. The number of amides is 1. The van der Waals surface area contributed by atoms with Crippen LogP contribution in [0.15, 0.2) is 61.6 Å². The number of hydrogen-bond acceptors (Lipinski definition) is 3. The highest BCUT2D eigenvalue weighted by Gasteiger charge is 2.15. The number of benzene rings is 1. The molecule has 0 bridgehead atoms. The number of aromatic amines is 1. The number of nitrogens with zero attached hydrogens (tertiary/aromatic N) is 3. The lowest BCUT2D eigenvalue weighted by molar-refractivity contribution is 0.0810. The molecule has 4 aromatic rings. The Bertz CT molecular complexity index is 1180. The predicted molar refractivity (Wildman–Crippen MR) is 104 cm³/mol. The molecule has 27 heavy (non-hydrogen) atoms. The predicted octanol–water partition coefficient (Wildman–Crippen LogP) is 4.18. The Morgan fingerprint density at radius 3 is 3.00 bits per heavy atom. The Morgan fingerprint density at radius 2 is 2.19 bits per heavy atom. The van der Waals surface area contributed by atoms with Crippen molar-refractivity contribution in [3.05, 3.63) is 73.0 Å². The lowest BCUT2D eigenvalue weighted by atomic mass is 10.0. The molecule has 0 saturated heterocycles. The van der Waals surface area contributed by atoms with Crippen LogP contribution in [0.5, 0.6) is 0 Å². The summed E-state index contributed by atoms with van der Waals surface area (Å²) < 4.78 is 14.5. The molecule has 1 aromatic carbocycles. The first-order valence-corrected chi connectivity index (χ1v) is 8.46. The average molecular weight is 360 g/mol. The van der Waals surface area contributed by atoms with Gasteiger partial charge in [-0.15, -0.1) is 6.58 Å². The first kappa shape index (κ1) is 16.9. The van der Waals surface area contributed by atoms with Gasteiger partial charge in [0.2, 0.25) is 0 Å². The van der Waals surface area contributed by atoms with Crippen molar-refractivity contribution in [2.75, 3.05) is 13.6 Å². The smallest absolute Gasteiger partial charge is 0.255 e. The van der Waals surface area contributed by atoms with E-state index >= 15 is 0 Å². The first-order valence-electron chi connectivity index (χ1n) is 8.46. The Balaban J connectivity index is 1.84. The molecule has 0 saturated carbocycles. The van der Waals surface area contributed by atoms with Crippen LogP contribution in [0.1, 0.15) is 10.4 Å². The van der Waals surface area contributed by atoms with Gasteiger partial charge in [0.15, 0.2) is 0 Å². The van der Waals surface area contributed by atoms with Crippen molar-refractivity contribution in [1.29, 1.82) is 0 Å². The zero-order chi connectivity index (χ0) is 19.0. The van der Waals surface area contributed by atoms with Gasteiger partial charge in [0.05, 0.1) is 5.56 Å². The van der Waals surface area contributed by atoms with E-state index < -0.39 is 0 Å². The van der Waals surface area contributed by atoms with E-state index in [1.165, 1.54) is 12.3 Å². The van der Waals surface area contributed by atoms with Crippen LogP contribution in [0.4, 0.5) is 4.39 Å². The molecule has 0 radical (unpaired) electrons. The van der Waals surface area contributed by atoms with Gasteiger partial charge in [-0.1, -0.05) is 12.1 Å². The summed E-state index contributed by atoms with van der Waals surface area (Å²) in [4.78, 5) is 25.6. The van der Waals surface area contributed by atoms with Crippen LogP contribution in [0.2, 0.25) is 0 Å². The van der Waals surface area contributed by atoms with E-state index in [1.807, 2.05) is 12.1 Å². The van der Waals surface area contributed by atoms with Gasteiger partial charge in [-0.25, -0.2) is 9.37 Å². The van der Waals surface area contributed by atoms with Gasteiger partial charge in [-0.05, 0) is 29.8 Å². The van der Waals surface area contributed by atoms with Gasteiger partial charge in [-0.3, -0.25) is 9.78 Å². The maximum absolute atomic E-state index is 14.5. The van der Waals surface area contributed by atoms with E-state index in [9.17, 15) is 9.18 Å². The molecule has 0 fully saturated rings. The quantitative estimate of drug-likeness (QED) is 0.556. The second-order valence-corrected chi connectivity index (χ2v) is 6.33. The van der Waals surface area contributed by atoms with E-state index in [-0.39, 0.29) is 11.7 Å². The molecule has 0 aliphatic carbocycles. The van der Waals surface area contributed by atoms with Crippen molar-refractivity contribution in [3.8, 4) is 11.1 Å². The summed E-state index contributed by atoms with van der Waals surface area (Å²) in [6, 6.07) is 8.71. The van der Waals surface area contributed by atoms with Gasteiger partial charge < -0.3 is 9.88 Å². The van der Waals surface area contributed by atoms with E-state index in [2.05, 4.69) is 21.5 Å². The minimum Gasteiger partial charge on any atom is -0.346 e. The van der Waals surface area contributed by atoms with Crippen molar-refractivity contribution in [3.63, 3.8) is 0 Å². The fourth-order valence-corrected chi connectivity index (χ4v) is 3.16. The highest BCUT2D eigenvalue weighted by Crippen LogP contribution is 2.31. The molecule has 0 atom stereocenters. The molecular formula is C21H17FN4O. The molecule has 0 spiro atoms. The zero-order valence-corrected chi connectivity index (χ0v) is 14.7. The van der Waals surface area contributed by atoms with Crippen molar-refractivity contribution < 1.29 is 9.18 Å². The van der Waals surface area contributed by atoms with Gasteiger partial charge in [0.1, 0.15) is 17.0 Å². The second-order valence-electron chi connectivity index (χ2n) is 6.33. The number of fused-ring (bicyclic) bond motifs is 2. The number of rotatable bonds is 4. The Hall–Kier alpha value is -3.54. The molecule has 4 rings (SSSR count). The Labute approximate surface area is 155 Å². The normalized spacial score (nSPS) is 11.0. The molecule has 0 unspecified atom stereocenters. The van der Waals surface area contributed by atoms with Crippen molar-refractivity contribution in [1.82, 2.24) is 19.9 Å². The van der Waals surface area contributed by atoms with Crippen LogP contribution in [-0.4, -0.2) is 39.4 Å². The number of nitrogens with one attached hydrogen (secondary N) is 1. The number of carbonyl (C=O) groups excluding carboxylic acids is 1. The third-order valence-electron chi connectivity index (χ3n) is 4.50. The van der Waals surface area contributed by atoms with Gasteiger partial charge in [-0.2, -0.15) is 0 Å². The minimum absolute atomic E-state index is 0.148. The summed E-state index contributed by atoms with van der Waals surface area (Å²) in [5.41, 5.74) is 2.92. The third kappa shape index (κ3) is 2.95. The van der Waals surface area contributed by atoms with Crippen molar-refractivity contribution >= 4 is 27.8 Å². The third-order valence-corrected chi connectivity index (χ3v) is 4.50. The standard InChI is InChI=1S/C21H17FN4O/c1-3-7-26(2)21(27)15-9-16-17(12-25-20(16)24-11-15)14-8-13-5-4-6-23-19(13)18(22)10-14/h3-6,8-12H,1,7H2,2H3,(H,24,25). The summed E-state index contributed by atoms with van der Waals surface area (Å²) >= 11 is 0. The minimum atomic E-state index is -0.386.